The molecule has 8 heteroatoms. The second-order valence-electron chi connectivity index (χ2n) is 7.22. The van der Waals surface area contributed by atoms with Crippen LogP contribution in [0.4, 0.5) is 16.0 Å². The molecule has 2 aromatic rings. The van der Waals surface area contributed by atoms with Crippen molar-refractivity contribution < 1.29 is 9.18 Å². The van der Waals surface area contributed by atoms with Gasteiger partial charge in [-0.05, 0) is 49.4 Å². The number of carbonyl (C=O) groups is 1. The molecule has 0 bridgehead atoms. The Hall–Kier alpha value is -3.03. The molecule has 0 radical (unpaired) electrons. The highest BCUT2D eigenvalue weighted by atomic mass is 19.1. The normalized spacial score (nSPS) is 16.7. The second kappa shape index (κ2) is 9.95. The van der Waals surface area contributed by atoms with Crippen LogP contribution in [0.25, 0.3) is 0 Å². The zero-order valence-electron chi connectivity index (χ0n) is 16.7. The standard InChI is InChI=1S/C21H27FN6O/c1-27(19-8-7-18(22)14-25-19)12-13-28-11-9-17(21(28)29)5-2-4-16-6-3-10-24-20(16)26-15-23/h3,6-8,10,14-15,17H,2,4-5,9,11-13H2,1H3,(H2,23,24,26)/t17-/m1/s1. The van der Waals surface area contributed by atoms with Crippen molar-refractivity contribution in [2.75, 3.05) is 31.6 Å². The summed E-state index contributed by atoms with van der Waals surface area (Å²) < 4.78 is 13.0. The zero-order valence-corrected chi connectivity index (χ0v) is 16.7. The first-order valence-corrected chi connectivity index (χ1v) is 9.88. The van der Waals surface area contributed by atoms with Gasteiger partial charge < -0.3 is 15.5 Å². The maximum Gasteiger partial charge on any atom is 0.225 e. The average Bonchev–Trinajstić information content (AvgIpc) is 3.08. The van der Waals surface area contributed by atoms with Crippen molar-refractivity contribution in [3.05, 3.63) is 48.0 Å². The summed E-state index contributed by atoms with van der Waals surface area (Å²) in [6.07, 6.45) is 7.62. The van der Waals surface area contributed by atoms with Crippen LogP contribution in [0, 0.1) is 11.7 Å². The van der Waals surface area contributed by atoms with Crippen LogP contribution in [-0.2, 0) is 11.2 Å². The largest absolute Gasteiger partial charge is 0.390 e. The van der Waals surface area contributed by atoms with Gasteiger partial charge in [-0.25, -0.2) is 19.4 Å². The lowest BCUT2D eigenvalue weighted by molar-refractivity contribution is -0.131. The van der Waals surface area contributed by atoms with Gasteiger partial charge in [0.05, 0.1) is 12.5 Å². The van der Waals surface area contributed by atoms with E-state index in [1.54, 1.807) is 12.3 Å². The molecular weight excluding hydrogens is 371 g/mol. The van der Waals surface area contributed by atoms with Gasteiger partial charge in [-0.2, -0.15) is 0 Å². The number of amides is 1. The van der Waals surface area contributed by atoms with Gasteiger partial charge in [0, 0.05) is 38.8 Å². The minimum atomic E-state index is -0.354. The molecule has 1 fully saturated rings. The van der Waals surface area contributed by atoms with Crippen molar-refractivity contribution in [3.8, 4) is 0 Å². The summed E-state index contributed by atoms with van der Waals surface area (Å²) in [6.45, 7) is 2.08. The zero-order chi connectivity index (χ0) is 20.6. The lowest BCUT2D eigenvalue weighted by atomic mass is 9.98. The molecule has 0 saturated carbocycles. The number of pyridine rings is 2. The van der Waals surface area contributed by atoms with E-state index < -0.39 is 0 Å². The van der Waals surface area contributed by atoms with Gasteiger partial charge in [0.15, 0.2) is 5.82 Å². The number of likely N-dealkylation sites (N-methyl/N-ethyl adjacent to an activating group) is 1. The number of likely N-dealkylation sites (tertiary alicyclic amines) is 1. The Morgan fingerprint density at radius 3 is 3.00 bits per heavy atom. The molecule has 1 aliphatic heterocycles. The van der Waals surface area contributed by atoms with Crippen LogP contribution in [0.1, 0.15) is 24.8 Å². The molecule has 3 heterocycles. The van der Waals surface area contributed by atoms with Gasteiger partial charge in [-0.3, -0.25) is 4.79 Å². The van der Waals surface area contributed by atoms with E-state index in [1.807, 2.05) is 29.0 Å². The summed E-state index contributed by atoms with van der Waals surface area (Å²) in [6, 6.07) is 6.92. The van der Waals surface area contributed by atoms with E-state index >= 15 is 0 Å². The third kappa shape index (κ3) is 5.49. The molecule has 1 saturated heterocycles. The number of aryl methyl sites for hydroxylation is 1. The van der Waals surface area contributed by atoms with E-state index in [9.17, 15) is 9.18 Å². The highest BCUT2D eigenvalue weighted by molar-refractivity contribution is 5.80. The Kier molecular flexibility index (Phi) is 7.10. The maximum absolute atomic E-state index is 13.0. The monoisotopic (exact) mass is 398 g/mol. The number of nitrogens with zero attached hydrogens (tertiary/aromatic N) is 5. The molecule has 29 heavy (non-hydrogen) atoms. The molecule has 1 atom stereocenters. The lowest BCUT2D eigenvalue weighted by Crippen LogP contribution is -2.35. The molecule has 0 unspecified atom stereocenters. The van der Waals surface area contributed by atoms with Crippen LogP contribution in [-0.4, -0.2) is 53.8 Å². The molecular formula is C21H27FN6O. The Morgan fingerprint density at radius 2 is 2.24 bits per heavy atom. The lowest BCUT2D eigenvalue weighted by Gasteiger charge is -2.23. The molecule has 0 aliphatic carbocycles. The van der Waals surface area contributed by atoms with Gasteiger partial charge in [0.25, 0.3) is 0 Å². The van der Waals surface area contributed by atoms with Crippen molar-refractivity contribution in [2.24, 2.45) is 16.6 Å². The predicted octanol–water partition coefficient (Wildman–Crippen LogP) is 2.54. The van der Waals surface area contributed by atoms with Gasteiger partial charge in [0.2, 0.25) is 5.91 Å². The van der Waals surface area contributed by atoms with Crippen molar-refractivity contribution in [3.63, 3.8) is 0 Å². The van der Waals surface area contributed by atoms with Gasteiger partial charge in [-0.1, -0.05) is 6.07 Å². The van der Waals surface area contributed by atoms with Crippen LogP contribution < -0.4 is 10.6 Å². The molecule has 1 aliphatic rings. The number of aromatic nitrogens is 2. The van der Waals surface area contributed by atoms with Crippen molar-refractivity contribution >= 4 is 23.9 Å². The van der Waals surface area contributed by atoms with Crippen LogP contribution in [0.2, 0.25) is 0 Å². The first-order chi connectivity index (χ1) is 14.1. The smallest absolute Gasteiger partial charge is 0.225 e. The summed E-state index contributed by atoms with van der Waals surface area (Å²) >= 11 is 0. The highest BCUT2D eigenvalue weighted by Crippen LogP contribution is 2.25. The number of anilines is 1. The molecule has 0 spiro atoms. The van der Waals surface area contributed by atoms with Crippen LogP contribution >= 0.6 is 0 Å². The minimum Gasteiger partial charge on any atom is -0.390 e. The predicted molar refractivity (Wildman–Crippen MR) is 112 cm³/mol. The number of nitrogens with two attached hydrogens (primary N) is 1. The van der Waals surface area contributed by atoms with Crippen molar-refractivity contribution in [1.29, 1.82) is 0 Å². The molecule has 154 valence electrons. The molecule has 2 N–H and O–H groups in total. The summed E-state index contributed by atoms with van der Waals surface area (Å²) in [5, 5.41) is 0. The number of halogens is 1. The number of hydrogen-bond donors (Lipinski definition) is 1. The van der Waals surface area contributed by atoms with Crippen LogP contribution in [0.15, 0.2) is 41.7 Å². The second-order valence-corrected chi connectivity index (χ2v) is 7.22. The molecule has 2 aromatic heterocycles. The first-order valence-electron chi connectivity index (χ1n) is 9.88. The van der Waals surface area contributed by atoms with Crippen LogP contribution in [0.5, 0.6) is 0 Å². The SMILES string of the molecule is CN(CCN1CC[C@@H](CCCc2cccnc2/N=C\N)C1=O)c1ccc(F)cn1. The number of aliphatic imine (C=N–C) groups is 1. The van der Waals surface area contributed by atoms with E-state index in [0.717, 1.165) is 37.8 Å². The number of carbonyl (C=O) groups excluding carboxylic acids is 1. The Morgan fingerprint density at radius 1 is 1.38 bits per heavy atom. The van der Waals surface area contributed by atoms with Crippen LogP contribution in [0.3, 0.4) is 0 Å². The maximum atomic E-state index is 13.0. The van der Waals surface area contributed by atoms with E-state index in [2.05, 4.69) is 15.0 Å². The number of rotatable bonds is 9. The number of hydrogen-bond acceptors (Lipinski definition) is 5. The summed E-state index contributed by atoms with van der Waals surface area (Å²) in [4.78, 5) is 28.9. The molecule has 1 amide bonds. The van der Waals surface area contributed by atoms with E-state index in [-0.39, 0.29) is 17.6 Å². The van der Waals surface area contributed by atoms with Gasteiger partial charge in [-0.15, -0.1) is 0 Å². The Balaban J connectivity index is 1.44. The molecule has 3 rings (SSSR count). The molecule has 0 aromatic carbocycles. The third-order valence-electron chi connectivity index (χ3n) is 5.28. The van der Waals surface area contributed by atoms with E-state index in [0.29, 0.717) is 24.7 Å². The van der Waals surface area contributed by atoms with Gasteiger partial charge >= 0.3 is 0 Å². The summed E-state index contributed by atoms with van der Waals surface area (Å²) in [5.41, 5.74) is 6.42. The quantitative estimate of drug-likeness (QED) is 0.518. The Bertz CT molecular complexity index is 841. The third-order valence-corrected chi connectivity index (χ3v) is 5.28. The summed E-state index contributed by atoms with van der Waals surface area (Å²) in [7, 11) is 1.90. The minimum absolute atomic E-state index is 0.0717. The fraction of sp³-hybridized carbons (Fsp3) is 0.429. The fourth-order valence-electron chi connectivity index (χ4n) is 3.62. The van der Waals surface area contributed by atoms with Gasteiger partial charge in [0.1, 0.15) is 11.6 Å². The van der Waals surface area contributed by atoms with Crippen molar-refractivity contribution in [2.45, 2.75) is 25.7 Å². The topological polar surface area (TPSA) is 87.7 Å². The van der Waals surface area contributed by atoms with E-state index in [1.165, 1.54) is 18.6 Å². The average molecular weight is 398 g/mol. The summed E-state index contributed by atoms with van der Waals surface area (Å²) in [5.74, 6) is 1.28. The first kappa shape index (κ1) is 20.7. The fourth-order valence-corrected chi connectivity index (χ4v) is 3.62. The Labute approximate surface area is 170 Å². The van der Waals surface area contributed by atoms with Crippen molar-refractivity contribution in [1.82, 2.24) is 14.9 Å². The van der Waals surface area contributed by atoms with E-state index in [4.69, 9.17) is 5.73 Å². The highest BCUT2D eigenvalue weighted by Gasteiger charge is 2.30. The molecule has 7 nitrogen and oxygen atoms in total.